The van der Waals surface area contributed by atoms with E-state index in [2.05, 4.69) is 5.10 Å². The Morgan fingerprint density at radius 1 is 1.15 bits per heavy atom. The number of amides is 2. The number of rotatable bonds is 6. The van der Waals surface area contributed by atoms with Crippen LogP contribution in [0.25, 0.3) is 17.0 Å². The Bertz CT molecular complexity index is 1290. The number of aromatic nitrogens is 3. The first-order valence-corrected chi connectivity index (χ1v) is 11.5. The number of ether oxygens (including phenoxy) is 1. The molecule has 1 fully saturated rings. The maximum Gasteiger partial charge on any atom is 0.327 e. The minimum Gasteiger partial charge on any atom is -0.858 e. The van der Waals surface area contributed by atoms with Crippen molar-refractivity contribution in [1.82, 2.24) is 14.7 Å². The molecule has 2 aromatic heterocycles. The van der Waals surface area contributed by atoms with Crippen molar-refractivity contribution in [2.24, 2.45) is 0 Å². The zero-order valence-electron chi connectivity index (χ0n) is 19.2. The smallest absolute Gasteiger partial charge is 0.327 e. The quantitative estimate of drug-likeness (QED) is 0.416. The molecule has 2 amide bonds. The molecule has 0 radical (unpaired) electrons. The molecule has 0 aliphatic carbocycles. The van der Waals surface area contributed by atoms with Gasteiger partial charge in [0.2, 0.25) is 0 Å². The van der Waals surface area contributed by atoms with Crippen LogP contribution in [0.5, 0.6) is 5.88 Å². The highest BCUT2D eigenvalue weighted by molar-refractivity contribution is 6.44. The SMILES string of the molecule is CCc1ccc[n+](C2=C(c3c(C)nn(-c4ccccc4)c3[O-])C(=O)N(CC3CCCO3)C2=O)c1. The molecule has 1 unspecified atom stereocenters. The van der Waals surface area contributed by atoms with Crippen LogP contribution < -0.4 is 9.67 Å². The molecule has 2 aliphatic heterocycles. The molecule has 8 nitrogen and oxygen atoms in total. The van der Waals surface area contributed by atoms with Crippen molar-refractivity contribution in [3.05, 3.63) is 71.7 Å². The second-order valence-corrected chi connectivity index (χ2v) is 8.57. The lowest BCUT2D eigenvalue weighted by molar-refractivity contribution is -0.577. The number of imide groups is 1. The van der Waals surface area contributed by atoms with Gasteiger partial charge in [0.1, 0.15) is 5.57 Å². The maximum absolute atomic E-state index is 13.7. The zero-order valence-corrected chi connectivity index (χ0v) is 19.2. The van der Waals surface area contributed by atoms with Gasteiger partial charge in [-0.15, -0.1) is 0 Å². The number of para-hydroxylation sites is 1. The summed E-state index contributed by atoms with van der Waals surface area (Å²) in [4.78, 5) is 28.5. The molecule has 0 bridgehead atoms. The van der Waals surface area contributed by atoms with E-state index in [1.54, 1.807) is 29.8 Å². The first-order valence-electron chi connectivity index (χ1n) is 11.5. The summed E-state index contributed by atoms with van der Waals surface area (Å²) in [7, 11) is 0. The number of hydrogen-bond acceptors (Lipinski definition) is 5. The minimum atomic E-state index is -0.488. The molecule has 1 atom stereocenters. The van der Waals surface area contributed by atoms with Gasteiger partial charge < -0.3 is 9.84 Å². The zero-order chi connectivity index (χ0) is 23.8. The molecule has 174 valence electrons. The standard InChI is InChI=1S/C26H26N4O4/c1-3-18-9-7-13-28(15-18)23-22(24(31)29(26(23)33)16-20-12-8-14-34-20)21-17(2)27-30(25(21)32)19-10-5-4-6-11-19/h4-7,9-11,13,15,20H,3,8,12,14,16H2,1-2H3. The van der Waals surface area contributed by atoms with Gasteiger partial charge in [0.05, 0.1) is 24.0 Å². The number of carbonyl (C=O) groups excluding carboxylic acids is 2. The number of benzene rings is 1. The lowest BCUT2D eigenvalue weighted by Crippen LogP contribution is -2.42. The van der Waals surface area contributed by atoms with Gasteiger partial charge in [-0.3, -0.25) is 14.5 Å². The Labute approximate surface area is 197 Å². The topological polar surface area (TPSA) is 91.4 Å². The Hall–Kier alpha value is -3.78. The van der Waals surface area contributed by atoms with E-state index in [0.717, 1.165) is 24.8 Å². The Balaban J connectivity index is 1.67. The monoisotopic (exact) mass is 458 g/mol. The summed E-state index contributed by atoms with van der Waals surface area (Å²) >= 11 is 0. The lowest BCUT2D eigenvalue weighted by atomic mass is 10.0. The van der Waals surface area contributed by atoms with Crippen LogP contribution in [0.4, 0.5) is 0 Å². The molecule has 34 heavy (non-hydrogen) atoms. The molecular weight excluding hydrogens is 432 g/mol. The van der Waals surface area contributed by atoms with Crippen LogP contribution in [0.2, 0.25) is 0 Å². The maximum atomic E-state index is 13.7. The Kier molecular flexibility index (Phi) is 5.75. The van der Waals surface area contributed by atoms with Crippen molar-refractivity contribution in [1.29, 1.82) is 0 Å². The lowest BCUT2D eigenvalue weighted by Gasteiger charge is -2.18. The summed E-state index contributed by atoms with van der Waals surface area (Å²) in [6.45, 7) is 4.49. The van der Waals surface area contributed by atoms with E-state index in [-0.39, 0.29) is 29.5 Å². The molecule has 3 aromatic rings. The van der Waals surface area contributed by atoms with Gasteiger partial charge >= 0.3 is 5.91 Å². The van der Waals surface area contributed by atoms with Gasteiger partial charge in [0, 0.05) is 23.8 Å². The van der Waals surface area contributed by atoms with Crippen LogP contribution in [-0.4, -0.2) is 45.8 Å². The van der Waals surface area contributed by atoms with Crippen molar-refractivity contribution in [3.8, 4) is 11.6 Å². The molecule has 0 spiro atoms. The van der Waals surface area contributed by atoms with E-state index >= 15 is 0 Å². The van der Waals surface area contributed by atoms with Crippen molar-refractivity contribution < 1.29 is 24.0 Å². The Morgan fingerprint density at radius 3 is 2.65 bits per heavy atom. The first-order chi connectivity index (χ1) is 16.5. The average Bonchev–Trinajstić information content (AvgIpc) is 3.54. The van der Waals surface area contributed by atoms with Crippen molar-refractivity contribution in [2.75, 3.05) is 13.2 Å². The molecular formula is C26H26N4O4. The summed E-state index contributed by atoms with van der Waals surface area (Å²) in [5.74, 6) is -1.35. The van der Waals surface area contributed by atoms with Gasteiger partial charge in [-0.05, 0) is 50.3 Å². The molecule has 2 aliphatic rings. The van der Waals surface area contributed by atoms with E-state index < -0.39 is 17.7 Å². The van der Waals surface area contributed by atoms with E-state index in [4.69, 9.17) is 4.74 Å². The number of aryl methyl sites for hydroxylation is 2. The highest BCUT2D eigenvalue weighted by Crippen LogP contribution is 2.37. The highest BCUT2D eigenvalue weighted by atomic mass is 16.5. The molecule has 1 saturated heterocycles. The molecule has 8 heteroatoms. The normalized spacial score (nSPS) is 18.4. The third-order valence-corrected chi connectivity index (χ3v) is 6.35. The second-order valence-electron chi connectivity index (χ2n) is 8.57. The third kappa shape index (κ3) is 3.70. The summed E-state index contributed by atoms with van der Waals surface area (Å²) in [6.07, 6.45) is 5.82. The predicted octanol–water partition coefficient (Wildman–Crippen LogP) is 2.02. The van der Waals surface area contributed by atoms with E-state index in [0.29, 0.717) is 18.0 Å². The summed E-state index contributed by atoms with van der Waals surface area (Å²) < 4.78 is 8.63. The fraction of sp³-hybridized carbons (Fsp3) is 0.308. The molecule has 0 saturated carbocycles. The van der Waals surface area contributed by atoms with Gasteiger partial charge in [-0.25, -0.2) is 4.68 Å². The molecule has 4 heterocycles. The fourth-order valence-corrected chi connectivity index (χ4v) is 4.60. The van der Waals surface area contributed by atoms with Gasteiger partial charge in [0.15, 0.2) is 12.4 Å². The first kappa shape index (κ1) is 22.0. The van der Waals surface area contributed by atoms with Gasteiger partial charge in [0.25, 0.3) is 11.6 Å². The largest absolute Gasteiger partial charge is 0.858 e. The second kappa shape index (κ2) is 8.87. The molecule has 1 aromatic carbocycles. The van der Waals surface area contributed by atoms with Crippen LogP contribution >= 0.6 is 0 Å². The van der Waals surface area contributed by atoms with Gasteiger partial charge in [-0.1, -0.05) is 25.1 Å². The van der Waals surface area contributed by atoms with E-state index in [1.165, 1.54) is 9.58 Å². The van der Waals surface area contributed by atoms with Crippen LogP contribution in [-0.2, 0) is 20.7 Å². The molecule has 5 rings (SSSR count). The Morgan fingerprint density at radius 2 is 1.94 bits per heavy atom. The van der Waals surface area contributed by atoms with Crippen LogP contribution in [0.15, 0.2) is 54.9 Å². The summed E-state index contributed by atoms with van der Waals surface area (Å²) in [5, 5.41) is 18.0. The highest BCUT2D eigenvalue weighted by Gasteiger charge is 2.47. The number of carbonyl (C=O) groups is 2. The number of nitrogens with zero attached hydrogens (tertiary/aromatic N) is 4. The van der Waals surface area contributed by atoms with Crippen LogP contribution in [0.1, 0.15) is 36.6 Å². The molecule has 0 N–H and O–H groups in total. The van der Waals surface area contributed by atoms with E-state index in [1.807, 2.05) is 43.5 Å². The fourth-order valence-electron chi connectivity index (χ4n) is 4.60. The average molecular weight is 459 g/mol. The van der Waals surface area contributed by atoms with Crippen LogP contribution in [0, 0.1) is 6.92 Å². The van der Waals surface area contributed by atoms with Crippen molar-refractivity contribution >= 4 is 23.1 Å². The predicted molar refractivity (Wildman–Crippen MR) is 123 cm³/mol. The number of pyridine rings is 1. The van der Waals surface area contributed by atoms with Crippen molar-refractivity contribution in [3.63, 3.8) is 0 Å². The minimum absolute atomic E-state index is 0.0888. The van der Waals surface area contributed by atoms with Crippen LogP contribution in [0.3, 0.4) is 0 Å². The van der Waals surface area contributed by atoms with E-state index in [9.17, 15) is 14.7 Å². The van der Waals surface area contributed by atoms with Crippen molar-refractivity contribution in [2.45, 2.75) is 39.2 Å². The third-order valence-electron chi connectivity index (χ3n) is 6.35. The number of hydrogen-bond donors (Lipinski definition) is 0. The van der Waals surface area contributed by atoms with Gasteiger partial charge in [-0.2, -0.15) is 9.67 Å². The summed E-state index contributed by atoms with van der Waals surface area (Å²) in [5.41, 5.74) is 2.41. The summed E-state index contributed by atoms with van der Waals surface area (Å²) in [6, 6.07) is 12.8.